The molecule has 1 N–H and O–H groups in total. The van der Waals surface area contributed by atoms with E-state index in [1.165, 1.54) is 6.42 Å². The van der Waals surface area contributed by atoms with Gasteiger partial charge < -0.3 is 5.32 Å². The molecule has 1 aromatic rings. The van der Waals surface area contributed by atoms with Gasteiger partial charge in [-0.2, -0.15) is 5.10 Å². The van der Waals surface area contributed by atoms with Crippen LogP contribution in [0.15, 0.2) is 6.20 Å². The van der Waals surface area contributed by atoms with Crippen molar-refractivity contribution in [3.05, 3.63) is 16.9 Å². The second-order valence-electron chi connectivity index (χ2n) is 4.33. The maximum atomic E-state index is 6.18. The number of nitrogens with one attached hydrogen (secondary N) is 1. The normalized spacial score (nSPS) is 26.9. The van der Waals surface area contributed by atoms with Crippen molar-refractivity contribution in [1.29, 1.82) is 0 Å². The van der Waals surface area contributed by atoms with Gasteiger partial charge in [0.15, 0.2) is 0 Å². The lowest BCUT2D eigenvalue weighted by atomic mass is 9.92. The van der Waals surface area contributed by atoms with Gasteiger partial charge in [-0.05, 0) is 32.2 Å². The highest BCUT2D eigenvalue weighted by atomic mass is 35.5. The largest absolute Gasteiger partial charge is 0.309 e. The molecule has 2 atom stereocenters. The van der Waals surface area contributed by atoms with Gasteiger partial charge in [0.2, 0.25) is 0 Å². The van der Waals surface area contributed by atoms with E-state index in [0.717, 1.165) is 36.1 Å². The number of piperidine rings is 1. The van der Waals surface area contributed by atoms with Crippen LogP contribution in [0.3, 0.4) is 0 Å². The van der Waals surface area contributed by atoms with E-state index in [2.05, 4.69) is 24.3 Å². The highest BCUT2D eigenvalue weighted by molar-refractivity contribution is 6.31. The van der Waals surface area contributed by atoms with E-state index < -0.39 is 0 Å². The van der Waals surface area contributed by atoms with E-state index in [9.17, 15) is 0 Å². The van der Waals surface area contributed by atoms with Crippen LogP contribution in [-0.4, -0.2) is 16.3 Å². The maximum absolute atomic E-state index is 6.18. The average Bonchev–Trinajstić information content (AvgIpc) is 2.59. The Bertz CT molecular complexity index is 335. The lowest BCUT2D eigenvalue weighted by Gasteiger charge is -2.28. The molecule has 1 aliphatic rings. The summed E-state index contributed by atoms with van der Waals surface area (Å²) in [5, 5.41) is 8.60. The summed E-state index contributed by atoms with van der Waals surface area (Å²) in [6, 6.07) is 0.378. The van der Waals surface area contributed by atoms with Crippen molar-refractivity contribution >= 4 is 11.6 Å². The van der Waals surface area contributed by atoms with Crippen LogP contribution >= 0.6 is 11.6 Å². The number of aromatic nitrogens is 2. The molecule has 2 rings (SSSR count). The van der Waals surface area contributed by atoms with Crippen LogP contribution in [0.25, 0.3) is 0 Å². The van der Waals surface area contributed by atoms with Crippen LogP contribution in [0, 0.1) is 5.92 Å². The summed E-state index contributed by atoms with van der Waals surface area (Å²) in [6.07, 6.45) is 4.17. The van der Waals surface area contributed by atoms with Crippen LogP contribution in [0.2, 0.25) is 5.02 Å². The summed E-state index contributed by atoms with van der Waals surface area (Å²) >= 11 is 6.18. The Morgan fingerprint density at radius 3 is 3.13 bits per heavy atom. The molecule has 3 nitrogen and oxygen atoms in total. The second kappa shape index (κ2) is 4.54. The highest BCUT2D eigenvalue weighted by Crippen LogP contribution is 2.31. The quantitative estimate of drug-likeness (QED) is 0.842. The van der Waals surface area contributed by atoms with Gasteiger partial charge in [-0.3, -0.25) is 4.68 Å². The fourth-order valence-electron chi connectivity index (χ4n) is 2.29. The predicted molar refractivity (Wildman–Crippen MR) is 62.1 cm³/mol. The van der Waals surface area contributed by atoms with Gasteiger partial charge in [-0.25, -0.2) is 0 Å². The Morgan fingerprint density at radius 2 is 2.47 bits per heavy atom. The van der Waals surface area contributed by atoms with Gasteiger partial charge in [0.1, 0.15) is 0 Å². The molecule has 1 saturated heterocycles. The van der Waals surface area contributed by atoms with Crippen LogP contribution < -0.4 is 5.32 Å². The Morgan fingerprint density at radius 1 is 1.67 bits per heavy atom. The number of hydrogen-bond acceptors (Lipinski definition) is 2. The Hall–Kier alpha value is -0.540. The van der Waals surface area contributed by atoms with E-state index in [0.29, 0.717) is 6.04 Å². The minimum atomic E-state index is 0.378. The number of nitrogens with zero attached hydrogens (tertiary/aromatic N) is 2. The van der Waals surface area contributed by atoms with Crippen molar-refractivity contribution in [2.75, 3.05) is 6.54 Å². The van der Waals surface area contributed by atoms with E-state index in [4.69, 9.17) is 11.6 Å². The van der Waals surface area contributed by atoms with E-state index in [1.807, 2.05) is 4.68 Å². The van der Waals surface area contributed by atoms with Crippen molar-refractivity contribution in [2.45, 2.75) is 39.3 Å². The molecule has 1 aliphatic heterocycles. The van der Waals surface area contributed by atoms with Gasteiger partial charge in [-0.1, -0.05) is 18.5 Å². The van der Waals surface area contributed by atoms with Gasteiger partial charge in [0.25, 0.3) is 0 Å². The molecule has 0 saturated carbocycles. The SMILES string of the molecule is CCn1ncc(Cl)c1C1CC(C)CCN1. The molecule has 84 valence electrons. The molecule has 0 aliphatic carbocycles. The van der Waals surface area contributed by atoms with Crippen molar-refractivity contribution in [2.24, 2.45) is 5.92 Å². The number of rotatable bonds is 2. The van der Waals surface area contributed by atoms with Crippen molar-refractivity contribution in [3.63, 3.8) is 0 Å². The predicted octanol–water partition coefficient (Wildman–Crippen LogP) is 2.62. The Balaban J connectivity index is 2.23. The molecule has 2 unspecified atom stereocenters. The van der Waals surface area contributed by atoms with E-state index in [-0.39, 0.29) is 0 Å². The fraction of sp³-hybridized carbons (Fsp3) is 0.727. The van der Waals surface area contributed by atoms with E-state index in [1.54, 1.807) is 6.20 Å². The third-order valence-electron chi connectivity index (χ3n) is 3.13. The molecule has 0 bridgehead atoms. The van der Waals surface area contributed by atoms with Crippen LogP contribution in [0.4, 0.5) is 0 Å². The summed E-state index contributed by atoms with van der Waals surface area (Å²) in [6.45, 7) is 6.36. The number of aryl methyl sites for hydroxylation is 1. The molecule has 0 amide bonds. The highest BCUT2D eigenvalue weighted by Gasteiger charge is 2.24. The first-order chi connectivity index (χ1) is 7.22. The van der Waals surface area contributed by atoms with Gasteiger partial charge in [0, 0.05) is 6.54 Å². The van der Waals surface area contributed by atoms with Gasteiger partial charge in [0.05, 0.1) is 23.0 Å². The van der Waals surface area contributed by atoms with Gasteiger partial charge in [-0.15, -0.1) is 0 Å². The second-order valence-corrected chi connectivity index (χ2v) is 4.74. The molecule has 2 heterocycles. The molecule has 4 heteroatoms. The molecular weight excluding hydrogens is 210 g/mol. The third kappa shape index (κ3) is 2.18. The topological polar surface area (TPSA) is 29.9 Å². The lowest BCUT2D eigenvalue weighted by Crippen LogP contribution is -2.32. The first-order valence-electron chi connectivity index (χ1n) is 5.67. The minimum absolute atomic E-state index is 0.378. The summed E-state index contributed by atoms with van der Waals surface area (Å²) in [4.78, 5) is 0. The Labute approximate surface area is 95.8 Å². The fourth-order valence-corrected chi connectivity index (χ4v) is 2.56. The smallest absolute Gasteiger partial charge is 0.0834 e. The molecule has 15 heavy (non-hydrogen) atoms. The molecule has 0 aromatic carbocycles. The number of hydrogen-bond donors (Lipinski definition) is 1. The molecule has 1 aromatic heterocycles. The third-order valence-corrected chi connectivity index (χ3v) is 3.42. The van der Waals surface area contributed by atoms with Crippen LogP contribution in [0.5, 0.6) is 0 Å². The summed E-state index contributed by atoms with van der Waals surface area (Å²) in [5.74, 6) is 0.771. The standard InChI is InChI=1S/C11H18ClN3/c1-3-15-11(9(12)7-14-15)10-6-8(2)4-5-13-10/h7-8,10,13H,3-6H2,1-2H3. The minimum Gasteiger partial charge on any atom is -0.309 e. The molecule has 0 radical (unpaired) electrons. The summed E-state index contributed by atoms with van der Waals surface area (Å²) < 4.78 is 2.00. The van der Waals surface area contributed by atoms with Crippen molar-refractivity contribution in [3.8, 4) is 0 Å². The molecular formula is C11H18ClN3. The monoisotopic (exact) mass is 227 g/mol. The first kappa shape index (κ1) is 11.0. The zero-order chi connectivity index (χ0) is 10.8. The first-order valence-corrected chi connectivity index (χ1v) is 6.04. The van der Waals surface area contributed by atoms with E-state index >= 15 is 0 Å². The van der Waals surface area contributed by atoms with Crippen LogP contribution in [0.1, 0.15) is 38.4 Å². The van der Waals surface area contributed by atoms with Crippen LogP contribution in [-0.2, 0) is 6.54 Å². The maximum Gasteiger partial charge on any atom is 0.0834 e. The average molecular weight is 228 g/mol. The van der Waals surface area contributed by atoms with Gasteiger partial charge >= 0.3 is 0 Å². The van der Waals surface area contributed by atoms with Crippen molar-refractivity contribution in [1.82, 2.24) is 15.1 Å². The molecule has 1 fully saturated rings. The van der Waals surface area contributed by atoms with Crippen molar-refractivity contribution < 1.29 is 0 Å². The summed E-state index contributed by atoms with van der Waals surface area (Å²) in [5.41, 5.74) is 1.16. The molecule has 0 spiro atoms. The Kier molecular flexibility index (Phi) is 3.32. The number of halogens is 1. The summed E-state index contributed by atoms with van der Waals surface area (Å²) in [7, 11) is 0. The zero-order valence-electron chi connectivity index (χ0n) is 9.33. The lowest BCUT2D eigenvalue weighted by molar-refractivity contribution is 0.312. The zero-order valence-corrected chi connectivity index (χ0v) is 10.1.